The molecule has 9 heavy (non-hydrogen) atoms. The van der Waals surface area contributed by atoms with E-state index >= 15 is 0 Å². The molecule has 0 unspecified atom stereocenters. The fraction of sp³-hybridized carbons (Fsp3) is 0. The summed E-state index contributed by atoms with van der Waals surface area (Å²) in [6, 6.07) is 0. The maximum absolute atomic E-state index is 4.44. The molecule has 0 amide bonds. The van der Waals surface area contributed by atoms with Crippen LogP contribution in [0, 0.1) is 0 Å². The summed E-state index contributed by atoms with van der Waals surface area (Å²) in [4.78, 5) is 0. The molecule has 58 valence electrons. The molecule has 0 spiro atoms. The topological polar surface area (TPSA) is 0 Å². The van der Waals surface area contributed by atoms with Crippen molar-refractivity contribution in [2.24, 2.45) is 0 Å². The third kappa shape index (κ3) is 99.2. The van der Waals surface area contributed by atoms with E-state index in [-0.39, 0.29) is 13.5 Å². The molecule has 0 atom stereocenters. The minimum atomic E-state index is -1.71. The second-order valence-electron chi connectivity index (χ2n) is 0.378. The van der Waals surface area contributed by atoms with Crippen molar-refractivity contribution < 1.29 is 22.8 Å². The molecule has 0 aromatic heterocycles. The van der Waals surface area contributed by atoms with Crippen molar-refractivity contribution in [3.63, 3.8) is 0 Å². The van der Waals surface area contributed by atoms with E-state index in [1.54, 1.807) is 0 Å². The van der Waals surface area contributed by atoms with Gasteiger partial charge in [-0.2, -0.15) is 0 Å². The van der Waals surface area contributed by atoms with Crippen LogP contribution in [0.1, 0.15) is 0 Å². The van der Waals surface area contributed by atoms with E-state index in [9.17, 15) is 0 Å². The van der Waals surface area contributed by atoms with E-state index in [0.29, 0.717) is 0 Å². The summed E-state index contributed by atoms with van der Waals surface area (Å²) >= 11 is -3.43. The number of hydrogen-bond donors (Lipinski definition) is 0. The van der Waals surface area contributed by atoms with Crippen molar-refractivity contribution in [2.45, 2.75) is 0 Å². The average Bonchev–Trinajstić information content (AvgIpc) is 1.25. The predicted molar refractivity (Wildman–Crippen MR) is 54.3 cm³/mol. The molecule has 0 rings (SSSR count). The van der Waals surface area contributed by atoms with Gasteiger partial charge >= 0.3 is 82.4 Å². The summed E-state index contributed by atoms with van der Waals surface area (Å²) in [6.45, 7) is 0. The summed E-state index contributed by atoms with van der Waals surface area (Å²) in [5.41, 5.74) is 0. The molecule has 0 aliphatic rings. The van der Waals surface area contributed by atoms with Crippen molar-refractivity contribution in [3.05, 3.63) is 0 Å². The Labute approximate surface area is 93.9 Å². The SMILES string of the molecule is [SH-].[S]=[Re](=[S])=[S].[S]=[Re](=[S])=[S]. The van der Waals surface area contributed by atoms with Gasteiger partial charge in [-0.15, -0.1) is 0 Å². The number of hydrogen-bond acceptors (Lipinski definition) is 7. The quantitative estimate of drug-likeness (QED) is 0.305. The van der Waals surface area contributed by atoms with Crippen LogP contribution in [0.25, 0.3) is 0 Å². The van der Waals surface area contributed by atoms with Crippen LogP contribution in [0.4, 0.5) is 0 Å². The number of thiol groups is 1. The summed E-state index contributed by atoms with van der Waals surface area (Å²) < 4.78 is 0. The zero-order valence-electron chi connectivity index (χ0n) is 3.65. The second-order valence-corrected chi connectivity index (χ2v) is 27.8. The Morgan fingerprint density at radius 3 is 0.556 bits per heavy atom. The van der Waals surface area contributed by atoms with Crippen LogP contribution < -0.4 is 0 Å². The van der Waals surface area contributed by atoms with Crippen LogP contribution in [-0.2, 0) is 36.3 Å². The molecule has 0 saturated carbocycles. The second kappa shape index (κ2) is 13.6. The van der Waals surface area contributed by atoms with Crippen molar-refractivity contribution in [1.82, 2.24) is 0 Å². The van der Waals surface area contributed by atoms with Gasteiger partial charge in [-0.25, -0.2) is 0 Å². The van der Waals surface area contributed by atoms with E-state index in [1.807, 2.05) is 0 Å². The first-order chi connectivity index (χ1) is 3.46. The predicted octanol–water partition coefficient (Wildman–Crippen LogP) is 3.61. The Morgan fingerprint density at radius 2 is 0.556 bits per heavy atom. The van der Waals surface area contributed by atoms with Crippen molar-refractivity contribution >= 4 is 73.1 Å². The first kappa shape index (κ1) is 17.9. The fourth-order valence-corrected chi connectivity index (χ4v) is 0. The van der Waals surface area contributed by atoms with Gasteiger partial charge < -0.3 is 13.5 Å². The van der Waals surface area contributed by atoms with Crippen LogP contribution in [0.5, 0.6) is 0 Å². The van der Waals surface area contributed by atoms with Crippen LogP contribution >= 0.6 is 59.6 Å². The molecule has 0 aromatic carbocycles. The van der Waals surface area contributed by atoms with Crippen molar-refractivity contribution in [3.8, 4) is 0 Å². The molecule has 0 fully saturated rings. The Bertz CT molecular complexity index is 176. The van der Waals surface area contributed by atoms with Crippen LogP contribution in [-0.4, -0.2) is 0 Å². The van der Waals surface area contributed by atoms with Crippen molar-refractivity contribution in [2.75, 3.05) is 0 Å². The van der Waals surface area contributed by atoms with Crippen LogP contribution in [0.15, 0.2) is 0 Å². The van der Waals surface area contributed by atoms with Gasteiger partial charge in [0.1, 0.15) is 0 Å². The molecule has 0 N–H and O–H groups in total. The van der Waals surface area contributed by atoms with Gasteiger partial charge in [-0.1, -0.05) is 0 Å². The fourth-order valence-electron chi connectivity index (χ4n) is 0. The average molecular weight is 598 g/mol. The van der Waals surface area contributed by atoms with Crippen molar-refractivity contribution in [1.29, 1.82) is 0 Å². The normalized spacial score (nSPS) is 5.33. The molecule has 0 aliphatic carbocycles. The van der Waals surface area contributed by atoms with Gasteiger partial charge in [0.05, 0.1) is 0 Å². The van der Waals surface area contributed by atoms with Gasteiger partial charge in [0.15, 0.2) is 0 Å². The monoisotopic (exact) mass is 599 g/mol. The zero-order chi connectivity index (χ0) is 7.15. The first-order valence-electron chi connectivity index (χ1n) is 0.926. The van der Waals surface area contributed by atoms with E-state index in [1.165, 1.54) is 0 Å². The molecule has 0 heterocycles. The zero-order valence-corrected chi connectivity index (χ0v) is 14.9. The maximum atomic E-state index is 4.44. The standard InChI is InChI=1S/2Re.H2S.6S/h;;1H2;;;;;;/p-1. The van der Waals surface area contributed by atoms with E-state index < -0.39 is 22.8 Å². The Kier molecular flexibility index (Phi) is 27.0. The molecule has 0 saturated heterocycles. The molecule has 0 nitrogen and oxygen atoms in total. The summed E-state index contributed by atoms with van der Waals surface area (Å²) in [5, 5.41) is 0. The van der Waals surface area contributed by atoms with Crippen LogP contribution in [0.3, 0.4) is 0 Å². The van der Waals surface area contributed by atoms with E-state index in [0.717, 1.165) is 0 Å². The summed E-state index contributed by atoms with van der Waals surface area (Å²) in [5.74, 6) is 0. The first-order valence-corrected chi connectivity index (χ1v) is 22.7. The van der Waals surface area contributed by atoms with Gasteiger partial charge in [0.2, 0.25) is 0 Å². The number of rotatable bonds is 0. The molecular weight excluding hydrogens is 597 g/mol. The Hall–Kier alpha value is 2.99. The molecule has 0 aromatic rings. The van der Waals surface area contributed by atoms with Gasteiger partial charge in [-0.3, -0.25) is 0 Å². The van der Waals surface area contributed by atoms with E-state index in [2.05, 4.69) is 59.6 Å². The van der Waals surface area contributed by atoms with E-state index in [4.69, 9.17) is 0 Å². The minimum absolute atomic E-state index is 0. The summed E-state index contributed by atoms with van der Waals surface area (Å²) in [7, 11) is 26.6. The molecule has 0 radical (unpaired) electrons. The molecule has 0 bridgehead atoms. The third-order valence-electron chi connectivity index (χ3n) is 0. The molecule has 9 heteroatoms. The van der Waals surface area contributed by atoms with Gasteiger partial charge in [0, 0.05) is 0 Å². The van der Waals surface area contributed by atoms with Gasteiger partial charge in [0.25, 0.3) is 0 Å². The Balaban J connectivity index is -0.0000000720. The Morgan fingerprint density at radius 1 is 0.556 bits per heavy atom. The van der Waals surface area contributed by atoms with Crippen LogP contribution in [0.2, 0.25) is 0 Å². The summed E-state index contributed by atoms with van der Waals surface area (Å²) in [6.07, 6.45) is 0. The molecule has 0 aliphatic heterocycles. The third-order valence-corrected chi connectivity index (χ3v) is 0. The van der Waals surface area contributed by atoms with Gasteiger partial charge in [-0.05, 0) is 0 Å². The molecular formula is HRe2S7-.